The Kier molecular flexibility index (Phi) is 9.86. The van der Waals surface area contributed by atoms with Crippen molar-refractivity contribution in [1.29, 1.82) is 0 Å². The highest BCUT2D eigenvalue weighted by molar-refractivity contribution is 6.21. The first-order chi connectivity index (χ1) is 36.0. The van der Waals surface area contributed by atoms with Crippen molar-refractivity contribution in [2.45, 2.75) is 13.8 Å². The van der Waals surface area contributed by atoms with Gasteiger partial charge in [0.2, 0.25) is 0 Å². The van der Waals surface area contributed by atoms with E-state index in [4.69, 9.17) is 15.0 Å². The lowest BCUT2D eigenvalue weighted by atomic mass is 10.0. The van der Waals surface area contributed by atoms with E-state index in [1.165, 1.54) is 32.7 Å². The molecule has 14 rings (SSSR count). The van der Waals surface area contributed by atoms with E-state index in [0.29, 0.717) is 17.5 Å². The highest BCUT2D eigenvalue weighted by atomic mass is 15.2. The first-order valence-electron chi connectivity index (χ1n) is 24.9. The van der Waals surface area contributed by atoms with Gasteiger partial charge in [-0.2, -0.15) is 0 Å². The van der Waals surface area contributed by atoms with Crippen molar-refractivity contribution in [3.05, 3.63) is 254 Å². The van der Waals surface area contributed by atoms with Crippen molar-refractivity contribution in [1.82, 2.24) is 24.1 Å². The number of aromatic nitrogens is 5. The molecule has 0 atom stereocenters. The molecule has 0 aliphatic rings. The van der Waals surface area contributed by atoms with Gasteiger partial charge in [-0.05, 0) is 73.2 Å². The predicted octanol–water partition coefficient (Wildman–Crippen LogP) is 17.5. The summed E-state index contributed by atoms with van der Waals surface area (Å²) in [5.74, 6) is 1.77. The monoisotopic (exact) mass is 934 g/mol. The summed E-state index contributed by atoms with van der Waals surface area (Å²) in [6.45, 7) is 4.31. The molecule has 6 nitrogen and oxygen atoms in total. The van der Waals surface area contributed by atoms with Crippen molar-refractivity contribution in [2.75, 3.05) is 4.90 Å². The Labute approximate surface area is 422 Å². The number of rotatable bonds is 8. The van der Waals surface area contributed by atoms with E-state index in [0.717, 1.165) is 88.7 Å². The van der Waals surface area contributed by atoms with Crippen LogP contribution >= 0.6 is 0 Å². The highest BCUT2D eigenvalue weighted by Crippen LogP contribution is 2.50. The van der Waals surface area contributed by atoms with Crippen molar-refractivity contribution < 1.29 is 0 Å². The van der Waals surface area contributed by atoms with Crippen LogP contribution in [0, 0.1) is 13.8 Å². The summed E-state index contributed by atoms with van der Waals surface area (Å²) in [5, 5.41) is 9.32. The molecule has 14 aromatic rings. The standard InChI is InChI=1S/C67H46N6/c1-43-29-35-50(36-30-43)71(51-37-31-44(2)32-38-51)64-60(72-58-27-15-13-25-54(58)56-39-33-45-17-9-11-23-52(45)62(56)72)41-49(67-69-65(47-19-5-3-6-20-47)68-66(70-67)48-21-7-4-8-22-48)42-61(64)73-59-28-16-14-26-55(59)57-40-34-46-18-10-12-24-53(46)63(57)73/h3-42H,1-2H3. The summed E-state index contributed by atoms with van der Waals surface area (Å²) in [6.07, 6.45) is 0. The summed E-state index contributed by atoms with van der Waals surface area (Å²) in [4.78, 5) is 18.5. The second kappa shape index (κ2) is 17.0. The van der Waals surface area contributed by atoms with Crippen molar-refractivity contribution >= 4 is 82.2 Å². The molecule has 0 N–H and O–H groups in total. The molecule has 0 radical (unpaired) electrons. The van der Waals surface area contributed by atoms with Gasteiger partial charge in [0.25, 0.3) is 0 Å². The van der Waals surface area contributed by atoms with Crippen LogP contribution in [0.25, 0.3) is 111 Å². The van der Waals surface area contributed by atoms with Gasteiger partial charge in [-0.3, -0.25) is 0 Å². The fourth-order valence-electron chi connectivity index (χ4n) is 11.0. The Morgan fingerprint density at radius 3 is 1.12 bits per heavy atom. The van der Waals surface area contributed by atoms with Gasteiger partial charge in [-0.25, -0.2) is 15.0 Å². The molecule has 0 saturated carbocycles. The average molecular weight is 935 g/mol. The summed E-state index contributed by atoms with van der Waals surface area (Å²) in [6, 6.07) is 87.3. The maximum atomic E-state index is 5.45. The van der Waals surface area contributed by atoms with Crippen LogP contribution < -0.4 is 4.90 Å². The van der Waals surface area contributed by atoms with Gasteiger partial charge in [0.15, 0.2) is 17.5 Å². The molecule has 0 unspecified atom stereocenters. The maximum Gasteiger partial charge on any atom is 0.164 e. The first kappa shape index (κ1) is 42.2. The zero-order valence-electron chi connectivity index (χ0n) is 40.3. The molecular weight excluding hydrogens is 889 g/mol. The van der Waals surface area contributed by atoms with Crippen LogP contribution in [0.2, 0.25) is 0 Å². The Hall–Kier alpha value is -9.65. The molecular formula is C67H46N6. The normalized spacial score (nSPS) is 11.7. The van der Waals surface area contributed by atoms with Gasteiger partial charge in [-0.1, -0.05) is 205 Å². The molecule has 11 aromatic carbocycles. The van der Waals surface area contributed by atoms with Crippen LogP contribution in [0.15, 0.2) is 243 Å². The minimum absolute atomic E-state index is 0.565. The molecule has 0 saturated heterocycles. The van der Waals surface area contributed by atoms with Crippen LogP contribution in [0.1, 0.15) is 11.1 Å². The van der Waals surface area contributed by atoms with E-state index in [1.54, 1.807) is 0 Å². The fraction of sp³-hybridized carbons (Fsp3) is 0.0299. The minimum atomic E-state index is 0.565. The van der Waals surface area contributed by atoms with E-state index >= 15 is 0 Å². The topological polar surface area (TPSA) is 51.8 Å². The number of anilines is 3. The molecule has 0 amide bonds. The number of benzene rings is 11. The molecule has 0 spiro atoms. The molecule has 6 heteroatoms. The van der Waals surface area contributed by atoms with Crippen molar-refractivity contribution in [3.8, 4) is 45.5 Å². The van der Waals surface area contributed by atoms with Crippen molar-refractivity contribution in [3.63, 3.8) is 0 Å². The van der Waals surface area contributed by atoms with Crippen LogP contribution in [0.4, 0.5) is 17.1 Å². The third kappa shape index (κ3) is 6.98. The highest BCUT2D eigenvalue weighted by Gasteiger charge is 2.29. The Bertz CT molecular complexity index is 4160. The van der Waals surface area contributed by atoms with Crippen LogP contribution in [0.5, 0.6) is 0 Å². The van der Waals surface area contributed by atoms with E-state index in [1.807, 2.05) is 36.4 Å². The SMILES string of the molecule is Cc1ccc(N(c2ccc(C)cc2)c2c(-n3c4ccccc4c4ccc5ccccc5c43)cc(-c3nc(-c4ccccc4)nc(-c4ccccc4)n3)cc2-n2c3ccccc3c3ccc4ccccc4c32)cc1. The van der Waals surface area contributed by atoms with Crippen molar-refractivity contribution in [2.24, 2.45) is 0 Å². The van der Waals surface area contributed by atoms with E-state index in [-0.39, 0.29) is 0 Å². The molecule has 0 fully saturated rings. The van der Waals surface area contributed by atoms with Crippen LogP contribution in [0.3, 0.4) is 0 Å². The number of nitrogens with zero attached hydrogens (tertiary/aromatic N) is 6. The maximum absolute atomic E-state index is 5.45. The van der Waals surface area contributed by atoms with Gasteiger partial charge in [0.1, 0.15) is 0 Å². The number of hydrogen-bond donors (Lipinski definition) is 0. The molecule has 0 aliphatic carbocycles. The van der Waals surface area contributed by atoms with Gasteiger partial charge in [0.05, 0.1) is 39.1 Å². The molecule has 0 aliphatic heterocycles. The molecule has 0 bridgehead atoms. The number of hydrogen-bond acceptors (Lipinski definition) is 4. The van der Waals surface area contributed by atoms with E-state index in [2.05, 4.69) is 234 Å². The lowest BCUT2D eigenvalue weighted by Crippen LogP contribution is -2.17. The van der Waals surface area contributed by atoms with Gasteiger partial charge < -0.3 is 14.0 Å². The summed E-state index contributed by atoms with van der Waals surface area (Å²) >= 11 is 0. The molecule has 73 heavy (non-hydrogen) atoms. The number of para-hydroxylation sites is 2. The minimum Gasteiger partial charge on any atom is -0.307 e. The average Bonchev–Trinajstić information content (AvgIpc) is 3.99. The second-order valence-electron chi connectivity index (χ2n) is 19.0. The van der Waals surface area contributed by atoms with E-state index in [9.17, 15) is 0 Å². The summed E-state index contributed by atoms with van der Waals surface area (Å²) in [5.41, 5.74) is 14.4. The zero-order chi connectivity index (χ0) is 48.6. The first-order valence-corrected chi connectivity index (χ1v) is 24.9. The predicted molar refractivity (Wildman–Crippen MR) is 304 cm³/mol. The third-order valence-corrected chi connectivity index (χ3v) is 14.4. The fourth-order valence-corrected chi connectivity index (χ4v) is 11.0. The van der Waals surface area contributed by atoms with Gasteiger partial charge in [-0.15, -0.1) is 0 Å². The van der Waals surface area contributed by atoms with Crippen LogP contribution in [-0.2, 0) is 0 Å². The Morgan fingerprint density at radius 1 is 0.315 bits per heavy atom. The van der Waals surface area contributed by atoms with Crippen LogP contribution in [-0.4, -0.2) is 24.1 Å². The van der Waals surface area contributed by atoms with Gasteiger partial charge in [0, 0.05) is 60.4 Å². The number of aryl methyl sites for hydroxylation is 2. The second-order valence-corrected chi connectivity index (χ2v) is 19.0. The lowest BCUT2D eigenvalue weighted by Gasteiger charge is -2.32. The lowest BCUT2D eigenvalue weighted by molar-refractivity contribution is 1.06. The molecule has 3 aromatic heterocycles. The largest absolute Gasteiger partial charge is 0.307 e. The quantitative estimate of drug-likeness (QED) is 0.152. The smallest absolute Gasteiger partial charge is 0.164 e. The third-order valence-electron chi connectivity index (χ3n) is 14.4. The number of fused-ring (bicyclic) bond motifs is 10. The zero-order valence-corrected chi connectivity index (χ0v) is 40.3. The Morgan fingerprint density at radius 2 is 0.685 bits per heavy atom. The summed E-state index contributed by atoms with van der Waals surface area (Å²) < 4.78 is 5.02. The Balaban J connectivity index is 1.24. The van der Waals surface area contributed by atoms with Gasteiger partial charge >= 0.3 is 0 Å². The molecule has 3 heterocycles. The molecule has 344 valence electrons. The van der Waals surface area contributed by atoms with E-state index < -0.39 is 0 Å². The summed E-state index contributed by atoms with van der Waals surface area (Å²) in [7, 11) is 0.